The van der Waals surface area contributed by atoms with E-state index in [1.54, 1.807) is 0 Å². The van der Waals surface area contributed by atoms with Gasteiger partial charge in [0.1, 0.15) is 0 Å². The zero-order chi connectivity index (χ0) is 22.0. The van der Waals surface area contributed by atoms with Crippen molar-refractivity contribution in [1.29, 1.82) is 0 Å². The van der Waals surface area contributed by atoms with E-state index in [0.717, 1.165) is 8.95 Å². The molecule has 0 bridgehead atoms. The molecule has 0 atom stereocenters. The van der Waals surface area contributed by atoms with Crippen LogP contribution in [0.15, 0.2) is 130 Å². The molecule has 0 aromatic heterocycles. The van der Waals surface area contributed by atoms with Gasteiger partial charge in [0.05, 0.1) is 5.41 Å². The maximum absolute atomic E-state index is 3.61. The summed E-state index contributed by atoms with van der Waals surface area (Å²) >= 11 is 9.06. The summed E-state index contributed by atoms with van der Waals surface area (Å²) in [5.74, 6) is 0. The molecule has 0 amide bonds. The van der Waals surface area contributed by atoms with Crippen molar-refractivity contribution in [2.45, 2.75) is 5.41 Å². The number of hydrogen-bond acceptors (Lipinski definition) is 1. The highest BCUT2D eigenvalue weighted by molar-refractivity contribution is 9.10. The lowest BCUT2D eigenvalue weighted by molar-refractivity contribution is 0.820. The zero-order valence-corrected chi connectivity index (χ0v) is 21.2. The molecule has 0 spiro atoms. The maximum atomic E-state index is 3.61. The predicted molar refractivity (Wildman–Crippen MR) is 145 cm³/mol. The van der Waals surface area contributed by atoms with Gasteiger partial charge in [0.2, 0.25) is 0 Å². The first-order valence-electron chi connectivity index (χ1n) is 10.4. The van der Waals surface area contributed by atoms with Gasteiger partial charge in [0.15, 0.2) is 0 Å². The molecule has 1 aliphatic heterocycles. The third kappa shape index (κ3) is 4.30. The Bertz CT molecular complexity index is 1170. The molecule has 0 saturated carbocycles. The topological polar surface area (TPSA) is 0 Å². The Kier molecular flexibility index (Phi) is 6.23. The Morgan fingerprint density at radius 3 is 1.22 bits per heavy atom. The van der Waals surface area contributed by atoms with Gasteiger partial charge in [-0.1, -0.05) is 141 Å². The van der Waals surface area contributed by atoms with Gasteiger partial charge in [-0.2, -0.15) is 0 Å². The number of rotatable bonds is 4. The fourth-order valence-corrected chi connectivity index (χ4v) is 5.84. The molecule has 0 nitrogen and oxygen atoms in total. The largest absolute Gasteiger partial charge is 0.0894 e. The smallest absolute Gasteiger partial charge is 0.0590 e. The molecule has 5 rings (SSSR count). The van der Waals surface area contributed by atoms with Gasteiger partial charge in [-0.05, 0) is 46.5 Å². The van der Waals surface area contributed by atoms with E-state index in [2.05, 4.69) is 153 Å². The standard InChI is InChI=1S/C29H20Br2S/c30-25-15-11-23(12-16-25)29(24-13-17-26(31)18-14-24)19-27(21-7-3-1-4-8-21)32-28(20-29)22-9-5-2-6-10-22/h1-20H. The lowest BCUT2D eigenvalue weighted by atomic mass is 9.73. The highest BCUT2D eigenvalue weighted by atomic mass is 79.9. The summed E-state index contributed by atoms with van der Waals surface area (Å²) in [6.45, 7) is 0. The van der Waals surface area contributed by atoms with E-state index in [0.29, 0.717) is 0 Å². The van der Waals surface area contributed by atoms with Crippen molar-refractivity contribution < 1.29 is 0 Å². The summed E-state index contributed by atoms with van der Waals surface area (Å²) < 4.78 is 2.16. The molecular formula is C29H20Br2S. The fraction of sp³-hybridized carbons (Fsp3) is 0.0345. The summed E-state index contributed by atoms with van der Waals surface area (Å²) in [5, 5.41) is 0. The summed E-state index contributed by atoms with van der Waals surface area (Å²) in [7, 11) is 0. The molecule has 3 heteroatoms. The van der Waals surface area contributed by atoms with Crippen LogP contribution in [0.5, 0.6) is 0 Å². The van der Waals surface area contributed by atoms with Crippen molar-refractivity contribution >= 4 is 53.4 Å². The summed E-state index contributed by atoms with van der Waals surface area (Å²) in [6, 6.07) is 38.8. The highest BCUT2D eigenvalue weighted by Gasteiger charge is 2.35. The van der Waals surface area contributed by atoms with E-state index in [1.165, 1.54) is 32.1 Å². The lowest BCUT2D eigenvalue weighted by Crippen LogP contribution is -2.25. The van der Waals surface area contributed by atoms with Crippen molar-refractivity contribution in [3.63, 3.8) is 0 Å². The normalized spacial score (nSPS) is 15.1. The highest BCUT2D eigenvalue weighted by Crippen LogP contribution is 2.51. The number of thioether (sulfide) groups is 1. The SMILES string of the molecule is Brc1ccc(C2(c3ccc(Br)cc3)C=C(c3ccccc3)SC(c3ccccc3)=C2)cc1. The minimum atomic E-state index is -0.386. The van der Waals surface area contributed by atoms with E-state index >= 15 is 0 Å². The number of halogens is 2. The number of hydrogen-bond donors (Lipinski definition) is 0. The maximum Gasteiger partial charge on any atom is 0.0590 e. The molecule has 0 radical (unpaired) electrons. The van der Waals surface area contributed by atoms with Crippen molar-refractivity contribution in [2.24, 2.45) is 0 Å². The average molecular weight is 560 g/mol. The van der Waals surface area contributed by atoms with Crippen molar-refractivity contribution in [3.05, 3.63) is 153 Å². The zero-order valence-electron chi connectivity index (χ0n) is 17.2. The average Bonchev–Trinajstić information content (AvgIpc) is 2.85. The molecule has 4 aromatic carbocycles. The molecule has 0 unspecified atom stereocenters. The van der Waals surface area contributed by atoms with Gasteiger partial charge in [0, 0.05) is 18.8 Å². The second kappa shape index (κ2) is 9.27. The Hall–Kier alpha value is -2.33. The minimum Gasteiger partial charge on any atom is -0.0894 e. The number of benzene rings is 4. The van der Waals surface area contributed by atoms with Gasteiger partial charge in [0.25, 0.3) is 0 Å². The summed E-state index contributed by atoms with van der Waals surface area (Å²) in [4.78, 5) is 2.52. The van der Waals surface area contributed by atoms with E-state index < -0.39 is 0 Å². The summed E-state index contributed by atoms with van der Waals surface area (Å²) in [6.07, 6.45) is 4.85. The first-order chi connectivity index (χ1) is 15.6. The Labute approximate surface area is 210 Å². The van der Waals surface area contributed by atoms with Gasteiger partial charge >= 0.3 is 0 Å². The molecule has 156 valence electrons. The molecule has 0 saturated heterocycles. The third-order valence-electron chi connectivity index (χ3n) is 5.70. The molecule has 0 fully saturated rings. The van der Waals surface area contributed by atoms with Crippen LogP contribution in [-0.2, 0) is 5.41 Å². The second-order valence-corrected chi connectivity index (χ2v) is 10.6. The van der Waals surface area contributed by atoms with Crippen molar-refractivity contribution in [1.82, 2.24) is 0 Å². The van der Waals surface area contributed by atoms with Crippen LogP contribution in [0.3, 0.4) is 0 Å². The van der Waals surface area contributed by atoms with Gasteiger partial charge in [-0.25, -0.2) is 0 Å². The first kappa shape index (κ1) is 21.5. The van der Waals surface area contributed by atoms with Crippen molar-refractivity contribution in [3.8, 4) is 0 Å². The Balaban J connectivity index is 1.80. The fourth-order valence-electron chi connectivity index (χ4n) is 4.07. The van der Waals surface area contributed by atoms with Crippen LogP contribution in [-0.4, -0.2) is 0 Å². The molecule has 4 aromatic rings. The third-order valence-corrected chi connectivity index (χ3v) is 7.90. The summed E-state index contributed by atoms with van der Waals surface area (Å²) in [5.41, 5.74) is 4.56. The monoisotopic (exact) mass is 558 g/mol. The van der Waals surface area contributed by atoms with Gasteiger partial charge in [-0.3, -0.25) is 0 Å². The van der Waals surface area contributed by atoms with Crippen LogP contribution in [0.25, 0.3) is 9.81 Å². The predicted octanol–water partition coefficient (Wildman–Crippen LogP) is 9.33. The van der Waals surface area contributed by atoms with Gasteiger partial charge < -0.3 is 0 Å². The van der Waals surface area contributed by atoms with Crippen LogP contribution >= 0.6 is 43.6 Å². The van der Waals surface area contributed by atoms with Crippen LogP contribution in [0.2, 0.25) is 0 Å². The van der Waals surface area contributed by atoms with Crippen LogP contribution in [0.1, 0.15) is 22.3 Å². The minimum absolute atomic E-state index is 0.386. The first-order valence-corrected chi connectivity index (χ1v) is 12.8. The molecular weight excluding hydrogens is 540 g/mol. The van der Waals surface area contributed by atoms with E-state index in [1.807, 2.05) is 11.8 Å². The van der Waals surface area contributed by atoms with Crippen LogP contribution in [0.4, 0.5) is 0 Å². The second-order valence-electron chi connectivity index (χ2n) is 7.73. The molecule has 32 heavy (non-hydrogen) atoms. The Morgan fingerprint density at radius 1 is 0.469 bits per heavy atom. The van der Waals surface area contributed by atoms with Crippen molar-refractivity contribution in [2.75, 3.05) is 0 Å². The molecule has 1 aliphatic rings. The van der Waals surface area contributed by atoms with E-state index in [4.69, 9.17) is 0 Å². The lowest BCUT2D eigenvalue weighted by Gasteiger charge is -2.35. The van der Waals surface area contributed by atoms with E-state index in [9.17, 15) is 0 Å². The van der Waals surface area contributed by atoms with Gasteiger partial charge in [-0.15, -0.1) is 0 Å². The number of allylic oxidation sites excluding steroid dienone is 2. The Morgan fingerprint density at radius 2 is 0.844 bits per heavy atom. The molecule has 1 heterocycles. The molecule has 0 aliphatic carbocycles. The van der Waals surface area contributed by atoms with Crippen LogP contribution in [0, 0.1) is 0 Å². The van der Waals surface area contributed by atoms with E-state index in [-0.39, 0.29) is 5.41 Å². The van der Waals surface area contributed by atoms with Crippen LogP contribution < -0.4 is 0 Å². The quantitative estimate of drug-likeness (QED) is 0.240. The molecule has 0 N–H and O–H groups in total.